The van der Waals surface area contributed by atoms with E-state index >= 15 is 0 Å². The molecule has 1 aromatic carbocycles. The van der Waals surface area contributed by atoms with Crippen molar-refractivity contribution in [2.75, 3.05) is 50.2 Å². The van der Waals surface area contributed by atoms with Crippen LogP contribution in [0.25, 0.3) is 5.70 Å². The SMILES string of the molecule is C1CNCNC1.C=NCS/C=C(\N=C)c1cccc(N2CCO[C@@](C)(c3ccc(Cl)cc3)C2)n1. The first kappa shape index (κ1) is 26.4. The molecule has 9 heteroatoms. The Hall–Kier alpha value is -2.23. The van der Waals surface area contributed by atoms with Crippen LogP contribution in [0.4, 0.5) is 5.82 Å². The van der Waals surface area contributed by atoms with Crippen LogP contribution in [0.2, 0.25) is 5.02 Å². The van der Waals surface area contributed by atoms with E-state index in [1.165, 1.54) is 31.3 Å². The molecule has 0 unspecified atom stereocenters. The van der Waals surface area contributed by atoms with E-state index in [1.54, 1.807) is 0 Å². The van der Waals surface area contributed by atoms with E-state index in [1.807, 2.05) is 47.9 Å². The van der Waals surface area contributed by atoms with Crippen molar-refractivity contribution < 1.29 is 4.74 Å². The Morgan fingerprint density at radius 3 is 2.62 bits per heavy atom. The Morgan fingerprint density at radius 2 is 2.00 bits per heavy atom. The van der Waals surface area contributed by atoms with Gasteiger partial charge < -0.3 is 20.3 Å². The normalized spacial score (nSPS) is 20.8. The number of nitrogens with one attached hydrogen (secondary N) is 2. The average Bonchev–Trinajstić information content (AvgIpc) is 2.88. The van der Waals surface area contributed by atoms with Gasteiger partial charge in [-0.05, 0) is 69.7 Å². The van der Waals surface area contributed by atoms with Gasteiger partial charge in [0.15, 0.2) is 0 Å². The Bertz CT molecular complexity index is 955. The molecule has 2 aromatic rings. The topological polar surface area (TPSA) is 74.1 Å². The first-order chi connectivity index (χ1) is 16.6. The summed E-state index contributed by atoms with van der Waals surface area (Å²) in [7, 11) is 0. The molecular weight excluding hydrogens is 468 g/mol. The molecule has 7 nitrogen and oxygen atoms in total. The molecule has 2 fully saturated rings. The number of rotatable bonds is 7. The van der Waals surface area contributed by atoms with E-state index in [2.05, 4.69) is 45.9 Å². The number of nitrogens with zero attached hydrogens (tertiary/aromatic N) is 4. The number of pyridine rings is 1. The highest BCUT2D eigenvalue weighted by atomic mass is 35.5. The van der Waals surface area contributed by atoms with Crippen molar-refractivity contribution in [2.24, 2.45) is 9.98 Å². The van der Waals surface area contributed by atoms with Gasteiger partial charge in [-0.3, -0.25) is 9.98 Å². The molecule has 2 aliphatic heterocycles. The lowest BCUT2D eigenvalue weighted by molar-refractivity contribution is -0.0468. The second-order valence-corrected chi connectivity index (χ2v) is 9.36. The monoisotopic (exact) mass is 500 g/mol. The molecule has 0 saturated carbocycles. The van der Waals surface area contributed by atoms with Crippen LogP contribution in [-0.4, -0.2) is 63.8 Å². The predicted octanol–water partition coefficient (Wildman–Crippen LogP) is 4.40. The van der Waals surface area contributed by atoms with Crippen LogP contribution in [-0.2, 0) is 10.3 Å². The predicted molar refractivity (Wildman–Crippen MR) is 146 cm³/mol. The summed E-state index contributed by atoms with van der Waals surface area (Å²) in [5.41, 5.74) is 2.17. The molecule has 0 amide bonds. The summed E-state index contributed by atoms with van der Waals surface area (Å²) in [6, 6.07) is 13.8. The van der Waals surface area contributed by atoms with Gasteiger partial charge in [-0.1, -0.05) is 29.8 Å². The van der Waals surface area contributed by atoms with E-state index in [0.29, 0.717) is 19.0 Å². The highest BCUT2D eigenvalue weighted by Crippen LogP contribution is 2.32. The first-order valence-corrected chi connectivity index (χ1v) is 12.7. The third-order valence-electron chi connectivity index (χ3n) is 5.54. The minimum absolute atomic E-state index is 0.429. The smallest absolute Gasteiger partial charge is 0.129 e. The van der Waals surface area contributed by atoms with Crippen molar-refractivity contribution in [2.45, 2.75) is 18.9 Å². The minimum Gasteiger partial charge on any atom is -0.367 e. The summed E-state index contributed by atoms with van der Waals surface area (Å²) < 4.78 is 6.14. The van der Waals surface area contributed by atoms with Crippen molar-refractivity contribution in [1.82, 2.24) is 15.6 Å². The minimum atomic E-state index is -0.429. The molecule has 3 heterocycles. The number of halogens is 1. The molecule has 4 rings (SSSR count). The van der Waals surface area contributed by atoms with Crippen molar-refractivity contribution in [3.05, 3.63) is 64.2 Å². The number of anilines is 1. The van der Waals surface area contributed by atoms with Gasteiger partial charge in [-0.15, -0.1) is 11.8 Å². The Morgan fingerprint density at radius 1 is 1.24 bits per heavy atom. The Kier molecular flexibility index (Phi) is 10.6. The van der Waals surface area contributed by atoms with E-state index in [4.69, 9.17) is 21.3 Å². The molecule has 2 saturated heterocycles. The largest absolute Gasteiger partial charge is 0.367 e. The van der Waals surface area contributed by atoms with Gasteiger partial charge in [0.05, 0.1) is 30.4 Å². The number of hydrogen-bond acceptors (Lipinski definition) is 8. The van der Waals surface area contributed by atoms with Crippen molar-refractivity contribution in [3.63, 3.8) is 0 Å². The number of thioether (sulfide) groups is 1. The number of hydrogen-bond donors (Lipinski definition) is 2. The van der Waals surface area contributed by atoms with Gasteiger partial charge in [-0.25, -0.2) is 4.98 Å². The van der Waals surface area contributed by atoms with Gasteiger partial charge in [0.25, 0.3) is 0 Å². The molecule has 0 bridgehead atoms. The van der Waals surface area contributed by atoms with E-state index < -0.39 is 5.60 Å². The zero-order chi connectivity index (χ0) is 24.2. The van der Waals surface area contributed by atoms with Crippen LogP contribution >= 0.6 is 23.4 Å². The second-order valence-electron chi connectivity index (χ2n) is 8.10. The van der Waals surface area contributed by atoms with Gasteiger partial charge in [0.1, 0.15) is 11.4 Å². The highest BCUT2D eigenvalue weighted by Gasteiger charge is 2.34. The molecular formula is C25H33ClN6OS. The van der Waals surface area contributed by atoms with Crippen molar-refractivity contribution in [3.8, 4) is 0 Å². The molecule has 1 aromatic heterocycles. The van der Waals surface area contributed by atoms with Crippen molar-refractivity contribution >= 4 is 48.3 Å². The number of ether oxygens (including phenoxy) is 1. The summed E-state index contributed by atoms with van der Waals surface area (Å²) in [5.74, 6) is 1.46. The van der Waals surface area contributed by atoms with Gasteiger partial charge in [0, 0.05) is 23.6 Å². The van der Waals surface area contributed by atoms with Gasteiger partial charge >= 0.3 is 0 Å². The molecule has 0 radical (unpaired) electrons. The molecule has 34 heavy (non-hydrogen) atoms. The van der Waals surface area contributed by atoms with E-state index in [0.717, 1.165) is 41.0 Å². The van der Waals surface area contributed by atoms with Gasteiger partial charge in [0.2, 0.25) is 0 Å². The fourth-order valence-corrected chi connectivity index (χ4v) is 4.39. The lowest BCUT2D eigenvalue weighted by Gasteiger charge is -2.41. The molecule has 0 spiro atoms. The Labute approximate surface area is 211 Å². The maximum atomic E-state index is 6.14. The van der Waals surface area contributed by atoms with E-state index in [-0.39, 0.29) is 0 Å². The maximum Gasteiger partial charge on any atom is 0.129 e. The zero-order valence-corrected chi connectivity index (χ0v) is 21.2. The van der Waals surface area contributed by atoms with Crippen LogP contribution in [0.3, 0.4) is 0 Å². The number of aliphatic imine (C=N–C) groups is 2. The third kappa shape index (κ3) is 7.65. The molecule has 2 N–H and O–H groups in total. The van der Waals surface area contributed by atoms with Crippen molar-refractivity contribution in [1.29, 1.82) is 0 Å². The first-order valence-electron chi connectivity index (χ1n) is 11.3. The average molecular weight is 501 g/mol. The number of aromatic nitrogens is 1. The quantitative estimate of drug-likeness (QED) is 0.433. The number of benzene rings is 1. The fourth-order valence-electron chi connectivity index (χ4n) is 3.74. The molecule has 0 aliphatic carbocycles. The van der Waals surface area contributed by atoms with Crippen LogP contribution < -0.4 is 15.5 Å². The standard InChI is InChI=1S/C21H23ClN4OS.C4H10N2/c1-21(16-7-9-17(22)10-8-16)14-26(11-12-27-21)20-6-4-5-18(25-20)19(24-3)13-28-15-23-2;1-2-5-4-6-3-1/h4-10,13H,2-3,11-12,14-15H2,1H3;5-6H,1-4H2/b19-13-;/t21-;/m1./s1. The summed E-state index contributed by atoms with van der Waals surface area (Å²) in [6.07, 6.45) is 1.28. The number of morpholine rings is 1. The summed E-state index contributed by atoms with van der Waals surface area (Å²) in [6.45, 7) is 14.7. The summed E-state index contributed by atoms with van der Waals surface area (Å²) >= 11 is 7.55. The Balaban J connectivity index is 0.000000469. The van der Waals surface area contributed by atoms with Gasteiger partial charge in [-0.2, -0.15) is 0 Å². The van der Waals surface area contributed by atoms with Crippen LogP contribution in [0.15, 0.2) is 57.9 Å². The third-order valence-corrected chi connectivity index (χ3v) is 6.51. The van der Waals surface area contributed by atoms with Crippen LogP contribution in [0.5, 0.6) is 0 Å². The second kappa shape index (κ2) is 13.6. The zero-order valence-electron chi connectivity index (χ0n) is 19.7. The maximum absolute atomic E-state index is 6.14. The lowest BCUT2D eigenvalue weighted by atomic mass is 9.94. The molecule has 182 valence electrons. The molecule has 2 aliphatic rings. The van der Waals surface area contributed by atoms with Crippen LogP contribution in [0.1, 0.15) is 24.6 Å². The van der Waals surface area contributed by atoms with E-state index in [9.17, 15) is 0 Å². The summed E-state index contributed by atoms with van der Waals surface area (Å²) in [4.78, 5) is 15.0. The molecule has 1 atom stereocenters. The lowest BCUT2D eigenvalue weighted by Crippen LogP contribution is -2.48. The van der Waals surface area contributed by atoms with Crippen LogP contribution in [0, 0.1) is 0 Å². The fraction of sp³-hybridized carbons (Fsp3) is 0.400. The highest BCUT2D eigenvalue weighted by molar-refractivity contribution is 8.02. The summed E-state index contributed by atoms with van der Waals surface area (Å²) in [5, 5.41) is 8.97.